The summed E-state index contributed by atoms with van der Waals surface area (Å²) in [6.07, 6.45) is -6.83. The van der Waals surface area contributed by atoms with Crippen LogP contribution in [0.25, 0.3) is 10.8 Å². The van der Waals surface area contributed by atoms with E-state index in [1.54, 1.807) is 12.1 Å². The summed E-state index contributed by atoms with van der Waals surface area (Å²) in [6, 6.07) is 19.3. The van der Waals surface area contributed by atoms with Gasteiger partial charge in [0.15, 0.2) is 0 Å². The molecule has 4 rings (SSSR count). The smallest absolute Gasteiger partial charge is 0.291 e. The van der Waals surface area contributed by atoms with Crippen molar-refractivity contribution in [3.8, 4) is 5.75 Å². The van der Waals surface area contributed by atoms with Gasteiger partial charge in [0.05, 0.1) is 6.42 Å². The van der Waals surface area contributed by atoms with Crippen LogP contribution in [0.15, 0.2) is 78.5 Å². The Balaban J connectivity index is 1.46. The van der Waals surface area contributed by atoms with Gasteiger partial charge in [0, 0.05) is 5.56 Å². The fourth-order valence-electron chi connectivity index (χ4n) is 3.42. The number of hydrazine groups is 1. The molecule has 3 aromatic carbocycles. The zero-order valence-corrected chi connectivity index (χ0v) is 16.6. The van der Waals surface area contributed by atoms with Crippen LogP contribution in [-0.4, -0.2) is 28.2 Å². The van der Waals surface area contributed by atoms with Crippen LogP contribution in [0.3, 0.4) is 0 Å². The molecule has 0 aliphatic carbocycles. The highest BCUT2D eigenvalue weighted by Crippen LogP contribution is 2.35. The topological polar surface area (TPSA) is 61.8 Å². The van der Waals surface area contributed by atoms with Gasteiger partial charge in [-0.05, 0) is 40.6 Å². The third kappa shape index (κ3) is 4.11. The second-order valence-electron chi connectivity index (χ2n) is 7.34. The molecule has 1 amide bonds. The van der Waals surface area contributed by atoms with Crippen molar-refractivity contribution in [1.82, 2.24) is 10.4 Å². The first-order chi connectivity index (χ1) is 15.3. The molecule has 1 aliphatic rings. The lowest BCUT2D eigenvalue weighted by atomic mass is 10.1. The molecule has 9 heteroatoms. The predicted molar refractivity (Wildman–Crippen MR) is 109 cm³/mol. The van der Waals surface area contributed by atoms with Gasteiger partial charge in [-0.2, -0.15) is 8.78 Å². The summed E-state index contributed by atoms with van der Waals surface area (Å²) in [5.41, 5.74) is -1.48. The minimum absolute atomic E-state index is 0.0634. The van der Waals surface area contributed by atoms with E-state index in [-0.39, 0.29) is 17.2 Å². The number of carbonyl (C=O) groups excluding carboxylic acids is 1. The second-order valence-corrected chi connectivity index (χ2v) is 7.34. The summed E-state index contributed by atoms with van der Waals surface area (Å²) in [5, 5.41) is 12.4. The molecular formula is C23H18F4N2O3. The Morgan fingerprint density at radius 1 is 1.06 bits per heavy atom. The van der Waals surface area contributed by atoms with Crippen LogP contribution in [0, 0.1) is 0 Å². The molecule has 3 aromatic rings. The van der Waals surface area contributed by atoms with E-state index in [4.69, 9.17) is 4.74 Å². The summed E-state index contributed by atoms with van der Waals surface area (Å²) in [5.74, 6) is -0.411. The van der Waals surface area contributed by atoms with Crippen LogP contribution in [0.2, 0.25) is 0 Å². The Kier molecular flexibility index (Phi) is 5.75. The highest BCUT2D eigenvalue weighted by atomic mass is 19.3. The van der Waals surface area contributed by atoms with Crippen LogP contribution >= 0.6 is 0 Å². The maximum Gasteiger partial charge on any atom is 0.291 e. The SMILES string of the molecule is O=C(c1ccc(COc2ccc3ccccc3c2)cc1)N1NC(=C(F)F)CC1(O)C(F)F. The van der Waals surface area contributed by atoms with Crippen LogP contribution in [0.1, 0.15) is 22.3 Å². The number of ether oxygens (including phenoxy) is 1. The number of hydrogen-bond donors (Lipinski definition) is 2. The van der Waals surface area contributed by atoms with Gasteiger partial charge >= 0.3 is 0 Å². The lowest BCUT2D eigenvalue weighted by Crippen LogP contribution is -2.55. The van der Waals surface area contributed by atoms with Gasteiger partial charge in [0.2, 0.25) is 5.72 Å². The molecule has 1 saturated heterocycles. The van der Waals surface area contributed by atoms with E-state index < -0.39 is 36.3 Å². The first-order valence-electron chi connectivity index (χ1n) is 9.64. The molecule has 0 aromatic heterocycles. The van der Waals surface area contributed by atoms with Crippen molar-refractivity contribution in [2.24, 2.45) is 0 Å². The van der Waals surface area contributed by atoms with Gasteiger partial charge in [-0.25, -0.2) is 13.8 Å². The average molecular weight is 446 g/mol. The minimum atomic E-state index is -3.45. The Hall–Kier alpha value is -3.59. The molecule has 166 valence electrons. The van der Waals surface area contributed by atoms with E-state index in [0.717, 1.165) is 10.8 Å². The third-order valence-electron chi connectivity index (χ3n) is 5.18. The largest absolute Gasteiger partial charge is 0.489 e. The second kappa shape index (κ2) is 8.51. The fraction of sp³-hybridized carbons (Fsp3) is 0.174. The van der Waals surface area contributed by atoms with Crippen molar-refractivity contribution >= 4 is 16.7 Å². The molecule has 2 N–H and O–H groups in total. The summed E-state index contributed by atoms with van der Waals surface area (Å²) in [7, 11) is 0. The van der Waals surface area contributed by atoms with E-state index in [1.807, 2.05) is 47.9 Å². The molecule has 1 unspecified atom stereocenters. The molecule has 1 aliphatic heterocycles. The maximum atomic E-state index is 13.3. The van der Waals surface area contributed by atoms with Crippen molar-refractivity contribution in [1.29, 1.82) is 0 Å². The molecule has 1 heterocycles. The van der Waals surface area contributed by atoms with Gasteiger partial charge < -0.3 is 9.84 Å². The van der Waals surface area contributed by atoms with E-state index in [1.165, 1.54) is 12.1 Å². The Morgan fingerprint density at radius 3 is 2.41 bits per heavy atom. The lowest BCUT2D eigenvalue weighted by molar-refractivity contribution is -0.168. The van der Waals surface area contributed by atoms with E-state index in [9.17, 15) is 27.5 Å². The molecule has 0 spiro atoms. The Bertz CT molecular complexity index is 1180. The van der Waals surface area contributed by atoms with Crippen LogP contribution < -0.4 is 10.2 Å². The number of hydrogen-bond acceptors (Lipinski definition) is 4. The van der Waals surface area contributed by atoms with Gasteiger partial charge in [-0.1, -0.05) is 42.5 Å². The number of aliphatic hydroxyl groups is 1. The monoisotopic (exact) mass is 446 g/mol. The number of alkyl halides is 2. The number of carbonyl (C=O) groups is 1. The van der Waals surface area contributed by atoms with Crippen molar-refractivity contribution in [2.75, 3.05) is 0 Å². The van der Waals surface area contributed by atoms with Gasteiger partial charge in [-0.15, -0.1) is 0 Å². The molecule has 5 nitrogen and oxygen atoms in total. The molecule has 1 fully saturated rings. The quantitative estimate of drug-likeness (QED) is 0.551. The molecular weight excluding hydrogens is 428 g/mol. The van der Waals surface area contributed by atoms with Crippen molar-refractivity contribution in [3.63, 3.8) is 0 Å². The number of amides is 1. The number of nitrogens with zero attached hydrogens (tertiary/aromatic N) is 1. The molecule has 0 bridgehead atoms. The van der Waals surface area contributed by atoms with E-state index in [2.05, 4.69) is 0 Å². The number of halogens is 4. The minimum Gasteiger partial charge on any atom is -0.489 e. The molecule has 0 radical (unpaired) electrons. The van der Waals surface area contributed by atoms with Crippen molar-refractivity contribution in [2.45, 2.75) is 25.2 Å². The maximum absolute atomic E-state index is 13.3. The summed E-state index contributed by atoms with van der Waals surface area (Å²) in [4.78, 5) is 12.6. The number of benzene rings is 3. The summed E-state index contributed by atoms with van der Waals surface area (Å²) < 4.78 is 58.2. The summed E-state index contributed by atoms with van der Waals surface area (Å²) in [6.45, 7) is 0.190. The lowest BCUT2D eigenvalue weighted by Gasteiger charge is -2.31. The van der Waals surface area contributed by atoms with Crippen LogP contribution in [0.4, 0.5) is 17.6 Å². The fourth-order valence-corrected chi connectivity index (χ4v) is 3.42. The van der Waals surface area contributed by atoms with Gasteiger partial charge in [0.1, 0.15) is 18.1 Å². The van der Waals surface area contributed by atoms with E-state index in [0.29, 0.717) is 11.3 Å². The first-order valence-corrected chi connectivity index (χ1v) is 9.64. The average Bonchev–Trinajstić information content (AvgIpc) is 3.17. The van der Waals surface area contributed by atoms with Crippen molar-refractivity contribution in [3.05, 3.63) is 89.6 Å². The Morgan fingerprint density at radius 2 is 1.75 bits per heavy atom. The predicted octanol–water partition coefficient (Wildman–Crippen LogP) is 4.83. The van der Waals surface area contributed by atoms with Gasteiger partial charge in [-0.3, -0.25) is 10.2 Å². The zero-order chi connectivity index (χ0) is 22.9. The van der Waals surface area contributed by atoms with Crippen molar-refractivity contribution < 1.29 is 32.2 Å². The van der Waals surface area contributed by atoms with E-state index >= 15 is 0 Å². The van der Waals surface area contributed by atoms with Crippen LogP contribution in [0.5, 0.6) is 5.75 Å². The van der Waals surface area contributed by atoms with Crippen LogP contribution in [-0.2, 0) is 6.61 Å². The van der Waals surface area contributed by atoms with Gasteiger partial charge in [0.25, 0.3) is 18.4 Å². The highest BCUT2D eigenvalue weighted by Gasteiger charge is 2.53. The number of fused-ring (bicyclic) bond motifs is 1. The normalized spacial score (nSPS) is 18.2. The standard InChI is InChI=1S/C23H18F4N2O3/c24-20(25)19-12-23(31,22(26)27)29(28-19)21(30)16-7-5-14(6-8-16)13-32-18-10-9-15-3-1-2-4-17(15)11-18/h1-11,22,28,31H,12-13H2. The highest BCUT2D eigenvalue weighted by molar-refractivity contribution is 5.94. The summed E-state index contributed by atoms with van der Waals surface area (Å²) >= 11 is 0. The number of rotatable bonds is 5. The Labute approximate surface area is 180 Å². The zero-order valence-electron chi connectivity index (χ0n) is 16.6. The molecule has 0 saturated carbocycles. The number of nitrogens with one attached hydrogen (secondary N) is 1. The first kappa shape index (κ1) is 21.6. The third-order valence-corrected chi connectivity index (χ3v) is 5.18. The molecule has 1 atom stereocenters. The molecule has 32 heavy (non-hydrogen) atoms.